The van der Waals surface area contributed by atoms with Crippen LogP contribution >= 0.6 is 15.9 Å². The Morgan fingerprint density at radius 3 is 2.53 bits per heavy atom. The zero-order chi connectivity index (χ0) is 13.8. The van der Waals surface area contributed by atoms with Crippen LogP contribution in [0.5, 0.6) is 0 Å². The number of carbonyl (C=O) groups is 1. The second-order valence-electron chi connectivity index (χ2n) is 3.76. The first kappa shape index (κ1) is 13.9. The summed E-state index contributed by atoms with van der Waals surface area (Å²) in [5.74, 6) is -0.890. The molecule has 0 saturated heterocycles. The minimum atomic E-state index is -1.24. The van der Waals surface area contributed by atoms with Crippen LogP contribution in [0.1, 0.15) is 16.2 Å². The van der Waals surface area contributed by atoms with Gasteiger partial charge in [-0.15, -0.1) is 0 Å². The monoisotopic (exact) mass is 339 g/mol. The van der Waals surface area contributed by atoms with Crippen molar-refractivity contribution in [1.29, 1.82) is 0 Å². The highest BCUT2D eigenvalue weighted by Gasteiger charge is 2.09. The van der Waals surface area contributed by atoms with E-state index in [1.54, 1.807) is 24.3 Å². The first-order valence-corrected chi connectivity index (χ1v) is 7.50. The molecule has 0 aliphatic carbocycles. The molecule has 1 aromatic carbocycles. The summed E-state index contributed by atoms with van der Waals surface area (Å²) in [5.41, 5.74) is 0.464. The van der Waals surface area contributed by atoms with Gasteiger partial charge in [0, 0.05) is 9.37 Å². The lowest BCUT2D eigenvalue weighted by molar-refractivity contribution is 0.0690. The second kappa shape index (κ2) is 6.08. The van der Waals surface area contributed by atoms with Crippen LogP contribution in [0.2, 0.25) is 0 Å². The van der Waals surface area contributed by atoms with Gasteiger partial charge in [-0.1, -0.05) is 22.0 Å². The van der Waals surface area contributed by atoms with E-state index in [0.717, 1.165) is 4.47 Å². The van der Waals surface area contributed by atoms with Gasteiger partial charge < -0.3 is 5.11 Å². The summed E-state index contributed by atoms with van der Waals surface area (Å²) < 4.78 is 13.0. The molecule has 0 fully saturated rings. The molecular formula is C13H10BrNO3S. The molecule has 0 aliphatic heterocycles. The number of halogens is 1. The van der Waals surface area contributed by atoms with E-state index in [9.17, 15) is 9.00 Å². The Bertz CT molecular complexity index is 628. The molecule has 19 heavy (non-hydrogen) atoms. The number of aromatic nitrogens is 1. The number of nitrogens with zero attached hydrogens (tertiary/aromatic N) is 1. The summed E-state index contributed by atoms with van der Waals surface area (Å²) in [4.78, 5) is 15.4. The SMILES string of the molecule is O=C(O)c1cccc(CS(=O)c2ccc(Br)cc2)n1. The van der Waals surface area contributed by atoms with Crippen molar-refractivity contribution in [2.24, 2.45) is 0 Å². The topological polar surface area (TPSA) is 67.3 Å². The van der Waals surface area contributed by atoms with Crippen molar-refractivity contribution in [3.8, 4) is 0 Å². The van der Waals surface area contributed by atoms with Gasteiger partial charge in [0.2, 0.25) is 0 Å². The third-order valence-corrected chi connectivity index (χ3v) is 4.27. The number of pyridine rings is 1. The molecule has 1 N–H and O–H groups in total. The first-order valence-electron chi connectivity index (χ1n) is 5.39. The Balaban J connectivity index is 2.17. The average molecular weight is 340 g/mol. The summed E-state index contributed by atoms with van der Waals surface area (Å²) in [7, 11) is -1.24. The van der Waals surface area contributed by atoms with Gasteiger partial charge >= 0.3 is 5.97 Å². The van der Waals surface area contributed by atoms with Crippen LogP contribution in [0, 0.1) is 0 Å². The number of aromatic carboxylic acids is 1. The fourth-order valence-electron chi connectivity index (χ4n) is 1.48. The third kappa shape index (κ3) is 3.71. The summed E-state index contributed by atoms with van der Waals surface area (Å²) in [6.45, 7) is 0. The molecule has 2 rings (SSSR count). The van der Waals surface area contributed by atoms with E-state index in [1.165, 1.54) is 6.07 Å². The number of carboxylic acid groups (broad SMARTS) is 1. The van der Waals surface area contributed by atoms with Crippen LogP contribution in [-0.2, 0) is 16.6 Å². The first-order chi connectivity index (χ1) is 9.06. The van der Waals surface area contributed by atoms with Crippen LogP contribution in [0.4, 0.5) is 0 Å². The number of benzene rings is 1. The van der Waals surface area contributed by atoms with Crippen molar-refractivity contribution in [2.45, 2.75) is 10.6 Å². The lowest BCUT2D eigenvalue weighted by atomic mass is 10.3. The van der Waals surface area contributed by atoms with Crippen molar-refractivity contribution in [3.05, 3.63) is 58.3 Å². The van der Waals surface area contributed by atoms with Crippen LogP contribution in [-0.4, -0.2) is 20.3 Å². The Hall–Kier alpha value is -1.53. The molecule has 4 nitrogen and oxygen atoms in total. The number of rotatable bonds is 4. The Labute approximate surface area is 121 Å². The predicted octanol–water partition coefficient (Wildman–Crippen LogP) is 2.85. The van der Waals surface area contributed by atoms with Crippen molar-refractivity contribution < 1.29 is 14.1 Å². The summed E-state index contributed by atoms with van der Waals surface area (Å²) in [5, 5.41) is 8.85. The van der Waals surface area contributed by atoms with Crippen LogP contribution in [0.15, 0.2) is 51.8 Å². The molecule has 1 unspecified atom stereocenters. The highest BCUT2D eigenvalue weighted by molar-refractivity contribution is 9.10. The van der Waals surface area contributed by atoms with Crippen molar-refractivity contribution in [3.63, 3.8) is 0 Å². The van der Waals surface area contributed by atoms with Gasteiger partial charge in [0.15, 0.2) is 0 Å². The minimum Gasteiger partial charge on any atom is -0.477 e. The van der Waals surface area contributed by atoms with Crippen LogP contribution < -0.4 is 0 Å². The largest absolute Gasteiger partial charge is 0.477 e. The summed E-state index contributed by atoms with van der Waals surface area (Å²) in [6, 6.07) is 11.8. The lowest BCUT2D eigenvalue weighted by Crippen LogP contribution is -2.04. The fourth-order valence-corrected chi connectivity index (χ4v) is 2.78. The molecule has 0 radical (unpaired) electrons. The van der Waals surface area contributed by atoms with E-state index < -0.39 is 16.8 Å². The molecule has 98 valence electrons. The molecule has 0 bridgehead atoms. The standard InChI is InChI=1S/C13H10BrNO3S/c14-9-4-6-11(7-5-9)19(18)8-10-2-1-3-12(15-10)13(16)17/h1-7H,8H2,(H,16,17). The smallest absolute Gasteiger partial charge is 0.354 e. The van der Waals surface area contributed by atoms with E-state index in [0.29, 0.717) is 10.6 Å². The maximum absolute atomic E-state index is 12.1. The van der Waals surface area contributed by atoms with Gasteiger partial charge in [0.25, 0.3) is 0 Å². The van der Waals surface area contributed by atoms with Gasteiger partial charge in [0.05, 0.1) is 22.2 Å². The molecule has 6 heteroatoms. The van der Waals surface area contributed by atoms with Gasteiger partial charge in [-0.05, 0) is 36.4 Å². The summed E-state index contributed by atoms with van der Waals surface area (Å²) >= 11 is 3.31. The third-order valence-electron chi connectivity index (χ3n) is 2.38. The van der Waals surface area contributed by atoms with Gasteiger partial charge in [-0.25, -0.2) is 9.78 Å². The van der Waals surface area contributed by atoms with E-state index in [4.69, 9.17) is 5.11 Å². The number of hydrogen-bond donors (Lipinski definition) is 1. The molecule has 2 aromatic rings. The average Bonchev–Trinajstić information content (AvgIpc) is 2.39. The zero-order valence-corrected chi connectivity index (χ0v) is 12.1. The molecular weight excluding hydrogens is 330 g/mol. The van der Waals surface area contributed by atoms with E-state index in [1.807, 2.05) is 12.1 Å². The molecule has 0 amide bonds. The fraction of sp³-hybridized carbons (Fsp3) is 0.0769. The van der Waals surface area contributed by atoms with Gasteiger partial charge in [0.1, 0.15) is 5.69 Å². The molecule has 0 saturated carbocycles. The minimum absolute atomic E-state index is 0.0368. The predicted molar refractivity (Wildman–Crippen MR) is 75.5 cm³/mol. The molecule has 1 aromatic heterocycles. The Kier molecular flexibility index (Phi) is 4.44. The molecule has 1 heterocycles. The van der Waals surface area contributed by atoms with Crippen LogP contribution in [0.3, 0.4) is 0 Å². The second-order valence-corrected chi connectivity index (χ2v) is 6.13. The normalized spacial score (nSPS) is 12.1. The zero-order valence-electron chi connectivity index (χ0n) is 9.75. The Morgan fingerprint density at radius 1 is 1.21 bits per heavy atom. The van der Waals surface area contributed by atoms with Gasteiger partial charge in [-0.2, -0.15) is 0 Å². The Morgan fingerprint density at radius 2 is 1.89 bits per heavy atom. The number of carboxylic acids is 1. The highest BCUT2D eigenvalue weighted by atomic mass is 79.9. The maximum atomic E-state index is 12.1. The van der Waals surface area contributed by atoms with E-state index >= 15 is 0 Å². The quantitative estimate of drug-likeness (QED) is 0.929. The lowest BCUT2D eigenvalue weighted by Gasteiger charge is -2.03. The molecule has 0 aliphatic rings. The number of hydrogen-bond acceptors (Lipinski definition) is 3. The van der Waals surface area contributed by atoms with E-state index in [2.05, 4.69) is 20.9 Å². The van der Waals surface area contributed by atoms with E-state index in [-0.39, 0.29) is 11.4 Å². The van der Waals surface area contributed by atoms with Crippen molar-refractivity contribution in [1.82, 2.24) is 4.98 Å². The van der Waals surface area contributed by atoms with Gasteiger partial charge in [-0.3, -0.25) is 4.21 Å². The maximum Gasteiger partial charge on any atom is 0.354 e. The summed E-state index contributed by atoms with van der Waals surface area (Å²) in [6.07, 6.45) is 0. The molecule has 0 spiro atoms. The van der Waals surface area contributed by atoms with Crippen molar-refractivity contribution >= 4 is 32.7 Å². The van der Waals surface area contributed by atoms with Crippen molar-refractivity contribution in [2.75, 3.05) is 0 Å². The highest BCUT2D eigenvalue weighted by Crippen LogP contribution is 2.15. The molecule has 1 atom stereocenters. The van der Waals surface area contributed by atoms with Crippen LogP contribution in [0.25, 0.3) is 0 Å².